The average molecular weight is 414 g/mol. The van der Waals surface area contributed by atoms with Crippen LogP contribution in [0.3, 0.4) is 0 Å². The molecule has 2 aliphatic heterocycles. The van der Waals surface area contributed by atoms with Crippen molar-refractivity contribution in [3.05, 3.63) is 51.5 Å². The van der Waals surface area contributed by atoms with Gasteiger partial charge in [0.2, 0.25) is 16.8 Å². The van der Waals surface area contributed by atoms with Gasteiger partial charge in [-0.3, -0.25) is 0 Å². The van der Waals surface area contributed by atoms with Gasteiger partial charge in [0, 0.05) is 18.1 Å². The van der Waals surface area contributed by atoms with Gasteiger partial charge < -0.3 is 9.47 Å². The minimum absolute atomic E-state index is 0.103. The Morgan fingerprint density at radius 2 is 1.85 bits per heavy atom. The summed E-state index contributed by atoms with van der Waals surface area (Å²) in [6, 6.07) is 8.79. The van der Waals surface area contributed by atoms with E-state index >= 15 is 0 Å². The average Bonchev–Trinajstić information content (AvgIpc) is 3.26. The van der Waals surface area contributed by atoms with Gasteiger partial charge in [-0.05, 0) is 54.7 Å². The van der Waals surface area contributed by atoms with Gasteiger partial charge in [0.25, 0.3) is 0 Å². The highest BCUT2D eigenvalue weighted by Gasteiger charge is 2.35. The lowest BCUT2D eigenvalue weighted by atomic mass is 9.98. The van der Waals surface area contributed by atoms with Crippen molar-refractivity contribution in [2.45, 2.75) is 24.2 Å². The van der Waals surface area contributed by atoms with Crippen molar-refractivity contribution in [1.29, 1.82) is 0 Å². The monoisotopic (exact) mass is 413 g/mol. The number of benzene rings is 2. The van der Waals surface area contributed by atoms with E-state index in [1.807, 2.05) is 18.2 Å². The molecule has 138 valence electrons. The first-order chi connectivity index (χ1) is 12.4. The number of hydrogen-bond acceptors (Lipinski definition) is 4. The van der Waals surface area contributed by atoms with Crippen LogP contribution in [0.5, 0.6) is 11.5 Å². The van der Waals surface area contributed by atoms with E-state index in [1.165, 1.54) is 16.4 Å². The van der Waals surface area contributed by atoms with Crippen LogP contribution >= 0.6 is 23.2 Å². The number of sulfonamides is 1. The van der Waals surface area contributed by atoms with E-state index in [-0.39, 0.29) is 22.6 Å². The fourth-order valence-electron chi connectivity index (χ4n) is 3.35. The third-order valence-electron chi connectivity index (χ3n) is 4.85. The van der Waals surface area contributed by atoms with Crippen LogP contribution in [0, 0.1) is 6.92 Å². The van der Waals surface area contributed by atoms with Crippen molar-refractivity contribution >= 4 is 33.2 Å². The highest BCUT2D eigenvalue weighted by atomic mass is 35.5. The van der Waals surface area contributed by atoms with Crippen LogP contribution in [0.25, 0.3) is 0 Å². The molecule has 0 N–H and O–H groups in total. The lowest BCUT2D eigenvalue weighted by molar-refractivity contribution is 0.174. The van der Waals surface area contributed by atoms with E-state index in [0.29, 0.717) is 29.4 Å². The Morgan fingerprint density at radius 3 is 2.65 bits per heavy atom. The Morgan fingerprint density at radius 1 is 1.08 bits per heavy atom. The van der Waals surface area contributed by atoms with Crippen LogP contribution in [0.15, 0.2) is 35.2 Å². The van der Waals surface area contributed by atoms with Gasteiger partial charge in [-0.1, -0.05) is 29.3 Å². The Hall–Kier alpha value is -1.47. The van der Waals surface area contributed by atoms with E-state index in [2.05, 4.69) is 0 Å². The zero-order chi connectivity index (χ0) is 18.5. The third-order valence-corrected chi connectivity index (χ3v) is 7.59. The van der Waals surface area contributed by atoms with E-state index in [0.717, 1.165) is 17.7 Å². The Balaban J connectivity index is 1.59. The van der Waals surface area contributed by atoms with Crippen molar-refractivity contribution in [2.75, 3.05) is 19.9 Å². The molecular weight excluding hydrogens is 397 g/mol. The zero-order valence-corrected chi connectivity index (χ0v) is 16.4. The number of rotatable bonds is 3. The number of halogens is 2. The molecule has 2 heterocycles. The standard InChI is InChI=1S/C18H17Cl2NO4S/c1-11-6-18(15(20)8-14(11)19)26(22,23)21-5-4-13(9-21)12-2-3-16-17(7-12)25-10-24-16/h2-3,6-8,13H,4-5,9-10H2,1H3. The second-order valence-electron chi connectivity index (χ2n) is 6.49. The normalized spacial score (nSPS) is 19.9. The number of nitrogens with zero attached hydrogens (tertiary/aromatic N) is 1. The molecule has 8 heteroatoms. The third kappa shape index (κ3) is 3.05. The minimum atomic E-state index is -3.67. The first kappa shape index (κ1) is 17.9. The zero-order valence-electron chi connectivity index (χ0n) is 14.0. The van der Waals surface area contributed by atoms with Crippen molar-refractivity contribution < 1.29 is 17.9 Å². The molecule has 1 unspecified atom stereocenters. The second-order valence-corrected chi connectivity index (χ2v) is 9.21. The fourth-order valence-corrected chi connectivity index (χ4v) is 5.66. The first-order valence-electron chi connectivity index (χ1n) is 8.21. The SMILES string of the molecule is Cc1cc(S(=O)(=O)N2CCC(c3ccc4c(c3)OCO4)C2)c(Cl)cc1Cl. The maximum atomic E-state index is 13.0. The summed E-state index contributed by atoms with van der Waals surface area (Å²) in [6.07, 6.45) is 0.739. The van der Waals surface area contributed by atoms with Gasteiger partial charge in [-0.2, -0.15) is 4.31 Å². The van der Waals surface area contributed by atoms with Crippen LogP contribution < -0.4 is 9.47 Å². The lowest BCUT2D eigenvalue weighted by Crippen LogP contribution is -2.29. The molecule has 2 aliphatic rings. The molecule has 0 aromatic heterocycles. The summed E-state index contributed by atoms with van der Waals surface area (Å²) >= 11 is 12.2. The second kappa shape index (κ2) is 6.60. The highest BCUT2D eigenvalue weighted by Crippen LogP contribution is 2.39. The van der Waals surface area contributed by atoms with E-state index in [4.69, 9.17) is 32.7 Å². The van der Waals surface area contributed by atoms with Gasteiger partial charge in [0.05, 0.1) is 5.02 Å². The summed E-state index contributed by atoms with van der Waals surface area (Å²) < 4.78 is 38.3. The van der Waals surface area contributed by atoms with Crippen LogP contribution in [0.1, 0.15) is 23.5 Å². The summed E-state index contributed by atoms with van der Waals surface area (Å²) in [5, 5.41) is 0.598. The molecule has 0 aliphatic carbocycles. The van der Waals surface area contributed by atoms with Crippen LogP contribution in [-0.2, 0) is 10.0 Å². The van der Waals surface area contributed by atoms with Gasteiger partial charge in [-0.15, -0.1) is 0 Å². The Kier molecular flexibility index (Phi) is 4.55. The van der Waals surface area contributed by atoms with Crippen molar-refractivity contribution in [3.8, 4) is 11.5 Å². The molecule has 5 nitrogen and oxygen atoms in total. The Labute approximate surface area is 162 Å². The molecule has 0 amide bonds. The molecule has 1 saturated heterocycles. The fraction of sp³-hybridized carbons (Fsp3) is 0.333. The van der Waals surface area contributed by atoms with E-state index < -0.39 is 10.0 Å². The summed E-state index contributed by atoms with van der Waals surface area (Å²) in [5.41, 5.74) is 1.73. The number of hydrogen-bond donors (Lipinski definition) is 0. The molecule has 1 atom stereocenters. The number of fused-ring (bicyclic) bond motifs is 1. The van der Waals surface area contributed by atoms with Gasteiger partial charge in [0.15, 0.2) is 11.5 Å². The minimum Gasteiger partial charge on any atom is -0.454 e. The topological polar surface area (TPSA) is 55.8 Å². The molecule has 2 aromatic carbocycles. The summed E-state index contributed by atoms with van der Waals surface area (Å²) in [7, 11) is -3.67. The van der Waals surface area contributed by atoms with Gasteiger partial charge in [-0.25, -0.2) is 8.42 Å². The largest absolute Gasteiger partial charge is 0.454 e. The van der Waals surface area contributed by atoms with E-state index in [9.17, 15) is 8.42 Å². The molecule has 0 bridgehead atoms. The van der Waals surface area contributed by atoms with E-state index in [1.54, 1.807) is 6.92 Å². The molecule has 0 spiro atoms. The molecule has 4 rings (SSSR count). The quantitative estimate of drug-likeness (QED) is 0.755. The van der Waals surface area contributed by atoms with Crippen molar-refractivity contribution in [1.82, 2.24) is 4.31 Å². The molecule has 0 radical (unpaired) electrons. The van der Waals surface area contributed by atoms with Gasteiger partial charge >= 0.3 is 0 Å². The molecular formula is C18H17Cl2NO4S. The van der Waals surface area contributed by atoms with Crippen molar-refractivity contribution in [3.63, 3.8) is 0 Å². The summed E-state index contributed by atoms with van der Waals surface area (Å²) in [5.74, 6) is 1.53. The number of ether oxygens (including phenoxy) is 2. The molecule has 26 heavy (non-hydrogen) atoms. The summed E-state index contributed by atoms with van der Waals surface area (Å²) in [6.45, 7) is 2.83. The molecule has 0 saturated carbocycles. The van der Waals surface area contributed by atoms with Gasteiger partial charge in [0.1, 0.15) is 4.90 Å². The lowest BCUT2D eigenvalue weighted by Gasteiger charge is -2.18. The Bertz CT molecular complexity index is 977. The van der Waals surface area contributed by atoms with Crippen molar-refractivity contribution in [2.24, 2.45) is 0 Å². The van der Waals surface area contributed by atoms with Crippen LogP contribution in [0.4, 0.5) is 0 Å². The predicted molar refractivity (Wildman–Crippen MR) is 99.9 cm³/mol. The van der Waals surface area contributed by atoms with Crippen LogP contribution in [0.2, 0.25) is 10.0 Å². The smallest absolute Gasteiger partial charge is 0.244 e. The predicted octanol–water partition coefficient (Wildman–Crippen LogP) is 4.21. The first-order valence-corrected chi connectivity index (χ1v) is 10.4. The highest BCUT2D eigenvalue weighted by molar-refractivity contribution is 7.89. The number of aryl methyl sites for hydroxylation is 1. The molecule has 2 aromatic rings. The summed E-state index contributed by atoms with van der Waals surface area (Å²) in [4.78, 5) is 0.104. The van der Waals surface area contributed by atoms with Crippen LogP contribution in [-0.4, -0.2) is 32.6 Å². The maximum absolute atomic E-state index is 13.0. The maximum Gasteiger partial charge on any atom is 0.244 e. The molecule has 1 fully saturated rings.